The number of nitrogen functional groups attached to an aromatic ring is 1. The first kappa shape index (κ1) is 13.7. The minimum Gasteiger partial charge on any atom is -0.382 e. The molecule has 1 fully saturated rings. The SMILES string of the molecule is CC1(C)CN(C(=O)c2cc(N)n[nH]2)CC1c1ccccc1. The van der Waals surface area contributed by atoms with Gasteiger partial charge in [0.25, 0.3) is 5.91 Å². The van der Waals surface area contributed by atoms with E-state index in [1.165, 1.54) is 5.56 Å². The number of aromatic amines is 1. The highest BCUT2D eigenvalue weighted by Gasteiger charge is 2.42. The summed E-state index contributed by atoms with van der Waals surface area (Å²) in [6.45, 7) is 5.86. The van der Waals surface area contributed by atoms with Crippen LogP contribution in [0.4, 0.5) is 5.82 Å². The summed E-state index contributed by atoms with van der Waals surface area (Å²) in [5.41, 5.74) is 7.35. The molecule has 1 saturated heterocycles. The Morgan fingerprint density at radius 1 is 1.38 bits per heavy atom. The van der Waals surface area contributed by atoms with Crippen LogP contribution < -0.4 is 5.73 Å². The number of carbonyl (C=O) groups is 1. The molecular formula is C16H20N4O. The van der Waals surface area contributed by atoms with Crippen LogP contribution in [-0.2, 0) is 0 Å². The highest BCUT2D eigenvalue weighted by molar-refractivity contribution is 5.93. The summed E-state index contributed by atoms with van der Waals surface area (Å²) in [6.07, 6.45) is 0. The molecule has 0 aliphatic carbocycles. The van der Waals surface area contributed by atoms with Gasteiger partial charge in [0.15, 0.2) is 0 Å². The smallest absolute Gasteiger partial charge is 0.271 e. The molecule has 110 valence electrons. The number of hydrogen-bond acceptors (Lipinski definition) is 3. The molecular weight excluding hydrogens is 264 g/mol. The van der Waals surface area contributed by atoms with Crippen molar-refractivity contribution in [1.82, 2.24) is 15.1 Å². The molecule has 1 aromatic carbocycles. The molecule has 3 N–H and O–H groups in total. The minimum absolute atomic E-state index is 0.0364. The van der Waals surface area contributed by atoms with Crippen LogP contribution in [-0.4, -0.2) is 34.1 Å². The highest BCUT2D eigenvalue weighted by Crippen LogP contribution is 2.42. The van der Waals surface area contributed by atoms with Crippen LogP contribution in [0, 0.1) is 5.41 Å². The molecule has 0 saturated carbocycles. The van der Waals surface area contributed by atoms with Gasteiger partial charge < -0.3 is 10.6 Å². The lowest BCUT2D eigenvalue weighted by atomic mass is 9.78. The molecule has 0 spiro atoms. The van der Waals surface area contributed by atoms with Gasteiger partial charge >= 0.3 is 0 Å². The van der Waals surface area contributed by atoms with Crippen LogP contribution in [0.2, 0.25) is 0 Å². The Kier molecular flexibility index (Phi) is 3.20. The molecule has 1 unspecified atom stereocenters. The second-order valence-corrected chi connectivity index (χ2v) is 6.34. The van der Waals surface area contributed by atoms with Gasteiger partial charge in [0.1, 0.15) is 11.5 Å². The largest absolute Gasteiger partial charge is 0.382 e. The lowest BCUT2D eigenvalue weighted by Gasteiger charge is -2.25. The number of hydrogen-bond donors (Lipinski definition) is 2. The van der Waals surface area contributed by atoms with Crippen molar-refractivity contribution in [2.45, 2.75) is 19.8 Å². The summed E-state index contributed by atoms with van der Waals surface area (Å²) in [5.74, 6) is 0.644. The fraction of sp³-hybridized carbons (Fsp3) is 0.375. The number of amides is 1. The van der Waals surface area contributed by atoms with Crippen LogP contribution in [0.3, 0.4) is 0 Å². The van der Waals surface area contributed by atoms with Crippen molar-refractivity contribution in [3.8, 4) is 0 Å². The van der Waals surface area contributed by atoms with E-state index in [1.807, 2.05) is 23.1 Å². The molecule has 1 amide bonds. The number of nitrogens with two attached hydrogens (primary N) is 1. The van der Waals surface area contributed by atoms with Crippen molar-refractivity contribution >= 4 is 11.7 Å². The zero-order valence-corrected chi connectivity index (χ0v) is 12.3. The quantitative estimate of drug-likeness (QED) is 0.888. The first-order chi connectivity index (χ1) is 9.97. The van der Waals surface area contributed by atoms with Gasteiger partial charge in [-0.3, -0.25) is 9.89 Å². The fourth-order valence-electron chi connectivity index (χ4n) is 3.15. The number of benzene rings is 1. The van der Waals surface area contributed by atoms with Crippen molar-refractivity contribution in [1.29, 1.82) is 0 Å². The molecule has 21 heavy (non-hydrogen) atoms. The Bertz CT molecular complexity index is 647. The molecule has 1 aromatic heterocycles. The summed E-state index contributed by atoms with van der Waals surface area (Å²) < 4.78 is 0. The average Bonchev–Trinajstić information content (AvgIpc) is 3.02. The van der Waals surface area contributed by atoms with Gasteiger partial charge in [-0.25, -0.2) is 0 Å². The van der Waals surface area contributed by atoms with E-state index >= 15 is 0 Å². The van der Waals surface area contributed by atoms with Crippen molar-refractivity contribution in [2.24, 2.45) is 5.41 Å². The average molecular weight is 284 g/mol. The number of aromatic nitrogens is 2. The van der Waals surface area contributed by atoms with E-state index in [1.54, 1.807) is 6.07 Å². The standard InChI is InChI=1S/C16H20N4O/c1-16(2)10-20(15(21)13-8-14(17)19-18-13)9-12(16)11-6-4-3-5-7-11/h3-8,12H,9-10H2,1-2H3,(H3,17,18,19). The summed E-state index contributed by atoms with van der Waals surface area (Å²) in [6, 6.07) is 12.0. The van der Waals surface area contributed by atoms with Gasteiger partial charge in [-0.1, -0.05) is 44.2 Å². The van der Waals surface area contributed by atoms with Crippen molar-refractivity contribution < 1.29 is 4.79 Å². The lowest BCUT2D eigenvalue weighted by molar-refractivity contribution is 0.0772. The normalized spacial score (nSPS) is 20.7. The van der Waals surface area contributed by atoms with Gasteiger partial charge in [-0.15, -0.1) is 0 Å². The Hall–Kier alpha value is -2.30. The van der Waals surface area contributed by atoms with Crippen LogP contribution in [0.15, 0.2) is 36.4 Å². The third-order valence-electron chi connectivity index (χ3n) is 4.26. The Morgan fingerprint density at radius 2 is 2.10 bits per heavy atom. The first-order valence-corrected chi connectivity index (χ1v) is 7.12. The van der Waals surface area contributed by atoms with E-state index < -0.39 is 0 Å². The van der Waals surface area contributed by atoms with Gasteiger partial charge in [0.05, 0.1) is 0 Å². The number of rotatable bonds is 2. The summed E-state index contributed by atoms with van der Waals surface area (Å²) in [7, 11) is 0. The van der Waals surface area contributed by atoms with E-state index in [4.69, 9.17) is 5.73 Å². The van der Waals surface area contributed by atoms with E-state index in [9.17, 15) is 4.79 Å². The van der Waals surface area contributed by atoms with Crippen molar-refractivity contribution in [3.63, 3.8) is 0 Å². The molecule has 3 rings (SSSR count). The Balaban J connectivity index is 1.83. The second-order valence-electron chi connectivity index (χ2n) is 6.34. The number of nitrogens with one attached hydrogen (secondary N) is 1. The molecule has 1 aliphatic heterocycles. The Labute approximate surface area is 124 Å². The van der Waals surface area contributed by atoms with Gasteiger partial charge in [0, 0.05) is 25.1 Å². The number of likely N-dealkylation sites (tertiary alicyclic amines) is 1. The molecule has 0 radical (unpaired) electrons. The molecule has 1 atom stereocenters. The van der Waals surface area contributed by atoms with Gasteiger partial charge in [-0.05, 0) is 11.0 Å². The van der Waals surface area contributed by atoms with Crippen LogP contribution >= 0.6 is 0 Å². The number of H-pyrrole nitrogens is 1. The van der Waals surface area contributed by atoms with Crippen molar-refractivity contribution in [2.75, 3.05) is 18.8 Å². The van der Waals surface area contributed by atoms with E-state index in [0.717, 1.165) is 13.1 Å². The number of anilines is 1. The van der Waals surface area contributed by atoms with E-state index in [2.05, 4.69) is 36.2 Å². The number of nitrogens with zero attached hydrogens (tertiary/aromatic N) is 2. The van der Waals surface area contributed by atoms with Crippen LogP contribution in [0.5, 0.6) is 0 Å². The third-order valence-corrected chi connectivity index (χ3v) is 4.26. The topological polar surface area (TPSA) is 75.0 Å². The predicted molar refractivity (Wildman–Crippen MR) is 81.9 cm³/mol. The summed E-state index contributed by atoms with van der Waals surface area (Å²) in [4.78, 5) is 14.4. The maximum absolute atomic E-state index is 12.5. The number of carbonyl (C=O) groups excluding carboxylic acids is 1. The summed E-state index contributed by atoms with van der Waals surface area (Å²) in [5, 5.41) is 6.53. The monoisotopic (exact) mass is 284 g/mol. The van der Waals surface area contributed by atoms with Crippen molar-refractivity contribution in [3.05, 3.63) is 47.7 Å². The highest BCUT2D eigenvalue weighted by atomic mass is 16.2. The molecule has 5 heteroatoms. The first-order valence-electron chi connectivity index (χ1n) is 7.12. The third kappa shape index (κ3) is 2.51. The molecule has 2 aromatic rings. The minimum atomic E-state index is -0.0364. The van der Waals surface area contributed by atoms with Crippen LogP contribution in [0.25, 0.3) is 0 Å². The van der Waals surface area contributed by atoms with Gasteiger partial charge in [0.2, 0.25) is 0 Å². The zero-order chi connectivity index (χ0) is 15.0. The van der Waals surface area contributed by atoms with Gasteiger partial charge in [-0.2, -0.15) is 5.10 Å². The van der Waals surface area contributed by atoms with Crippen LogP contribution in [0.1, 0.15) is 35.8 Å². The Morgan fingerprint density at radius 3 is 2.71 bits per heavy atom. The molecule has 5 nitrogen and oxygen atoms in total. The van der Waals surface area contributed by atoms with E-state index in [-0.39, 0.29) is 11.3 Å². The maximum atomic E-state index is 12.5. The summed E-state index contributed by atoms with van der Waals surface area (Å²) >= 11 is 0. The predicted octanol–water partition coefficient (Wildman–Crippen LogP) is 2.26. The second kappa shape index (κ2) is 4.91. The van der Waals surface area contributed by atoms with E-state index in [0.29, 0.717) is 17.4 Å². The maximum Gasteiger partial charge on any atom is 0.271 e. The molecule has 2 heterocycles. The lowest BCUT2D eigenvalue weighted by Crippen LogP contribution is -2.30. The zero-order valence-electron chi connectivity index (χ0n) is 12.3. The fourth-order valence-corrected chi connectivity index (χ4v) is 3.15. The molecule has 1 aliphatic rings. The molecule has 0 bridgehead atoms.